The Labute approximate surface area is 81.8 Å². The first-order valence-corrected chi connectivity index (χ1v) is 4.41. The Morgan fingerprint density at radius 3 is 2.71 bits per heavy atom. The summed E-state index contributed by atoms with van der Waals surface area (Å²) in [5.74, 6) is 0.251. The van der Waals surface area contributed by atoms with Gasteiger partial charge in [-0.05, 0) is 25.5 Å². The molecule has 0 bridgehead atoms. The van der Waals surface area contributed by atoms with E-state index in [-0.39, 0.29) is 5.82 Å². The smallest absolute Gasteiger partial charge is 0.193 e. The fraction of sp³-hybridized carbons (Fsp3) is 0.182. The lowest BCUT2D eigenvalue weighted by Gasteiger charge is -2.04. The van der Waals surface area contributed by atoms with Crippen molar-refractivity contribution in [3.8, 4) is 0 Å². The molecule has 2 rings (SSSR count). The summed E-state index contributed by atoms with van der Waals surface area (Å²) in [5, 5.41) is 1.04. The predicted molar refractivity (Wildman–Crippen MR) is 54.4 cm³/mol. The molecule has 0 spiro atoms. The first kappa shape index (κ1) is 8.81. The van der Waals surface area contributed by atoms with Crippen LogP contribution in [0.4, 0.5) is 0 Å². The monoisotopic (exact) mass is 186 g/mol. The molecule has 14 heavy (non-hydrogen) atoms. The Morgan fingerprint density at radius 1 is 1.21 bits per heavy atom. The Morgan fingerprint density at radius 2 is 2.00 bits per heavy atom. The maximum atomic E-state index is 10.6. The minimum atomic E-state index is 0.251. The Kier molecular flexibility index (Phi) is 2.00. The maximum absolute atomic E-state index is 10.6. The number of carbonyl (C=O) groups excluding carboxylic acids is 1. The van der Waals surface area contributed by atoms with Crippen LogP contribution >= 0.6 is 0 Å². The quantitative estimate of drug-likeness (QED) is 0.640. The van der Waals surface area contributed by atoms with E-state index < -0.39 is 0 Å². The normalized spacial score (nSPS) is 10.4. The Bertz CT molecular complexity index is 506. The molecule has 1 heterocycles. The lowest BCUT2D eigenvalue weighted by molar-refractivity contribution is 0.111. The van der Waals surface area contributed by atoms with Gasteiger partial charge in [-0.15, -0.1) is 0 Å². The van der Waals surface area contributed by atoms with Gasteiger partial charge < -0.3 is 0 Å². The van der Waals surface area contributed by atoms with E-state index in [1.165, 1.54) is 0 Å². The summed E-state index contributed by atoms with van der Waals surface area (Å²) in [4.78, 5) is 18.8. The Balaban J connectivity index is 2.89. The van der Waals surface area contributed by atoms with E-state index >= 15 is 0 Å². The van der Waals surface area contributed by atoms with E-state index in [0.29, 0.717) is 6.29 Å². The largest absolute Gasteiger partial charge is 0.294 e. The van der Waals surface area contributed by atoms with Crippen molar-refractivity contribution in [1.82, 2.24) is 9.97 Å². The third kappa shape index (κ3) is 1.27. The number of fused-ring (bicyclic) bond motifs is 1. The Hall–Kier alpha value is -1.77. The van der Waals surface area contributed by atoms with Gasteiger partial charge in [0.05, 0.1) is 5.52 Å². The fourth-order valence-corrected chi connectivity index (χ4v) is 1.64. The van der Waals surface area contributed by atoms with E-state index in [4.69, 9.17) is 0 Å². The number of aromatic nitrogens is 2. The topological polar surface area (TPSA) is 42.9 Å². The van der Waals surface area contributed by atoms with Crippen molar-refractivity contribution in [2.45, 2.75) is 13.8 Å². The summed E-state index contributed by atoms with van der Waals surface area (Å²) in [6, 6.07) is 5.84. The van der Waals surface area contributed by atoms with Crippen LogP contribution in [0.25, 0.3) is 10.9 Å². The number of aryl methyl sites for hydroxylation is 2. The van der Waals surface area contributed by atoms with Gasteiger partial charge in [0.2, 0.25) is 0 Å². The first-order valence-electron chi connectivity index (χ1n) is 4.41. The standard InChI is InChI=1S/C11H10N2O/c1-7-4-3-5-9-11(7)8(2)12-10(6-14)13-9/h3-6H,1-2H3. The summed E-state index contributed by atoms with van der Waals surface area (Å²) < 4.78 is 0. The van der Waals surface area contributed by atoms with Gasteiger partial charge in [0.15, 0.2) is 12.1 Å². The van der Waals surface area contributed by atoms with Gasteiger partial charge >= 0.3 is 0 Å². The molecule has 0 saturated carbocycles. The second-order valence-electron chi connectivity index (χ2n) is 3.25. The first-order chi connectivity index (χ1) is 6.72. The number of carbonyl (C=O) groups is 1. The number of aldehydes is 1. The van der Waals surface area contributed by atoms with Gasteiger partial charge in [0.1, 0.15) is 0 Å². The predicted octanol–water partition coefficient (Wildman–Crippen LogP) is 2.06. The lowest BCUT2D eigenvalue weighted by Crippen LogP contribution is -1.97. The molecule has 0 saturated heterocycles. The molecule has 3 heteroatoms. The van der Waals surface area contributed by atoms with E-state index in [0.717, 1.165) is 22.2 Å². The van der Waals surface area contributed by atoms with Gasteiger partial charge in [-0.2, -0.15) is 0 Å². The van der Waals surface area contributed by atoms with Gasteiger partial charge in [0.25, 0.3) is 0 Å². The summed E-state index contributed by atoms with van der Waals surface area (Å²) in [7, 11) is 0. The summed E-state index contributed by atoms with van der Waals surface area (Å²) in [6.07, 6.45) is 0.675. The highest BCUT2D eigenvalue weighted by Gasteiger charge is 2.04. The zero-order valence-electron chi connectivity index (χ0n) is 8.11. The fourth-order valence-electron chi connectivity index (χ4n) is 1.64. The van der Waals surface area contributed by atoms with Crippen molar-refractivity contribution in [1.29, 1.82) is 0 Å². The lowest BCUT2D eigenvalue weighted by atomic mass is 10.1. The minimum absolute atomic E-state index is 0.251. The van der Waals surface area contributed by atoms with Crippen LogP contribution in [0.5, 0.6) is 0 Å². The van der Waals surface area contributed by atoms with E-state index in [1.54, 1.807) is 0 Å². The van der Waals surface area contributed by atoms with Crippen molar-refractivity contribution >= 4 is 17.2 Å². The number of benzene rings is 1. The molecule has 1 aromatic carbocycles. The third-order valence-electron chi connectivity index (χ3n) is 2.24. The zero-order valence-corrected chi connectivity index (χ0v) is 8.11. The number of hydrogen-bond acceptors (Lipinski definition) is 3. The molecular formula is C11H10N2O. The van der Waals surface area contributed by atoms with E-state index in [2.05, 4.69) is 9.97 Å². The molecule has 3 nitrogen and oxygen atoms in total. The number of nitrogens with zero attached hydrogens (tertiary/aromatic N) is 2. The van der Waals surface area contributed by atoms with Gasteiger partial charge in [-0.25, -0.2) is 9.97 Å². The van der Waals surface area contributed by atoms with E-state index in [1.807, 2.05) is 32.0 Å². The van der Waals surface area contributed by atoms with Crippen LogP contribution in [0.15, 0.2) is 18.2 Å². The van der Waals surface area contributed by atoms with Crippen LogP contribution in [0.3, 0.4) is 0 Å². The maximum Gasteiger partial charge on any atom is 0.193 e. The highest BCUT2D eigenvalue weighted by atomic mass is 16.1. The van der Waals surface area contributed by atoms with Crippen molar-refractivity contribution < 1.29 is 4.79 Å². The van der Waals surface area contributed by atoms with E-state index in [9.17, 15) is 4.79 Å². The molecule has 0 atom stereocenters. The third-order valence-corrected chi connectivity index (χ3v) is 2.24. The molecular weight excluding hydrogens is 176 g/mol. The van der Waals surface area contributed by atoms with Crippen molar-refractivity contribution in [3.63, 3.8) is 0 Å². The molecule has 0 aliphatic carbocycles. The van der Waals surface area contributed by atoms with Crippen LogP contribution in [-0.4, -0.2) is 16.3 Å². The van der Waals surface area contributed by atoms with Crippen LogP contribution in [0.1, 0.15) is 21.9 Å². The van der Waals surface area contributed by atoms with Crippen molar-refractivity contribution in [2.24, 2.45) is 0 Å². The molecule has 2 aromatic rings. The zero-order chi connectivity index (χ0) is 10.1. The molecule has 0 fully saturated rings. The second kappa shape index (κ2) is 3.18. The molecule has 1 aromatic heterocycles. The second-order valence-corrected chi connectivity index (χ2v) is 3.25. The van der Waals surface area contributed by atoms with Gasteiger partial charge in [-0.1, -0.05) is 12.1 Å². The molecule has 0 N–H and O–H groups in total. The molecule has 0 aliphatic rings. The number of hydrogen-bond donors (Lipinski definition) is 0. The summed E-state index contributed by atoms with van der Waals surface area (Å²) in [6.45, 7) is 3.91. The average molecular weight is 186 g/mol. The van der Waals surface area contributed by atoms with Gasteiger partial charge in [0, 0.05) is 11.1 Å². The molecule has 0 amide bonds. The number of rotatable bonds is 1. The van der Waals surface area contributed by atoms with Gasteiger partial charge in [-0.3, -0.25) is 4.79 Å². The molecule has 70 valence electrons. The summed E-state index contributed by atoms with van der Waals surface area (Å²) in [5.41, 5.74) is 2.83. The highest BCUT2D eigenvalue weighted by Crippen LogP contribution is 2.18. The van der Waals surface area contributed by atoms with Crippen LogP contribution in [0.2, 0.25) is 0 Å². The summed E-state index contributed by atoms with van der Waals surface area (Å²) >= 11 is 0. The van der Waals surface area contributed by atoms with Crippen LogP contribution in [-0.2, 0) is 0 Å². The molecule has 0 aliphatic heterocycles. The van der Waals surface area contributed by atoms with Crippen LogP contribution < -0.4 is 0 Å². The van der Waals surface area contributed by atoms with Crippen LogP contribution in [0, 0.1) is 13.8 Å². The molecule has 0 radical (unpaired) electrons. The molecule has 0 unspecified atom stereocenters. The minimum Gasteiger partial charge on any atom is -0.294 e. The average Bonchev–Trinajstić information content (AvgIpc) is 2.17. The van der Waals surface area contributed by atoms with Crippen molar-refractivity contribution in [2.75, 3.05) is 0 Å². The highest BCUT2D eigenvalue weighted by molar-refractivity contribution is 5.86. The SMILES string of the molecule is Cc1cccc2nc(C=O)nc(C)c12. The van der Waals surface area contributed by atoms with Crippen molar-refractivity contribution in [3.05, 3.63) is 35.3 Å².